The number of nitrogens with one attached hydrogen (secondary N) is 2. The molecule has 2 aromatic heterocycles. The van der Waals surface area contributed by atoms with Crippen molar-refractivity contribution in [2.45, 2.75) is 24.4 Å². The molecule has 3 unspecified atom stereocenters. The first-order valence-electron chi connectivity index (χ1n) is 8.40. The van der Waals surface area contributed by atoms with Crippen molar-refractivity contribution in [1.29, 1.82) is 0 Å². The van der Waals surface area contributed by atoms with Crippen molar-refractivity contribution in [2.24, 2.45) is 5.92 Å². The summed E-state index contributed by atoms with van der Waals surface area (Å²) in [5.74, 6) is -0.900. The van der Waals surface area contributed by atoms with Gasteiger partial charge in [-0.25, -0.2) is 18.7 Å². The Bertz CT molecular complexity index is 898. The van der Waals surface area contributed by atoms with Crippen molar-refractivity contribution in [2.75, 3.05) is 24.5 Å². The number of aromatic nitrogens is 3. The Kier molecular flexibility index (Phi) is 2.87. The van der Waals surface area contributed by atoms with Crippen molar-refractivity contribution >= 4 is 23.3 Å². The molecule has 2 aromatic rings. The van der Waals surface area contributed by atoms with Gasteiger partial charge in [-0.3, -0.25) is 10.1 Å². The number of carbonyl (C=O) groups excluding carboxylic acids is 2. The van der Waals surface area contributed by atoms with Crippen LogP contribution in [0.1, 0.15) is 24.5 Å². The fraction of sp³-hybridized carbons (Fsp3) is 0.500. The molecule has 3 fully saturated rings. The van der Waals surface area contributed by atoms with Gasteiger partial charge in [-0.05, 0) is 18.9 Å². The van der Waals surface area contributed by atoms with Crippen LogP contribution in [-0.4, -0.2) is 51.8 Å². The zero-order valence-corrected chi connectivity index (χ0v) is 13.4. The van der Waals surface area contributed by atoms with E-state index in [0.29, 0.717) is 30.9 Å². The molecule has 5 rings (SSSR count). The molecule has 3 aliphatic rings. The smallest absolute Gasteiger partial charge is 0.321 e. The lowest BCUT2D eigenvalue weighted by Crippen LogP contribution is -2.51. The van der Waals surface area contributed by atoms with E-state index in [-0.39, 0.29) is 18.4 Å². The molecule has 3 atom stereocenters. The van der Waals surface area contributed by atoms with Gasteiger partial charge >= 0.3 is 6.03 Å². The van der Waals surface area contributed by atoms with Gasteiger partial charge in [0.2, 0.25) is 5.91 Å². The highest BCUT2D eigenvalue weighted by Crippen LogP contribution is 2.49. The Morgan fingerprint density at radius 3 is 2.92 bits per heavy atom. The summed E-state index contributed by atoms with van der Waals surface area (Å²) < 4.78 is 16.3. The lowest BCUT2D eigenvalue weighted by molar-refractivity contribution is -0.122. The maximum atomic E-state index is 14.7. The van der Waals surface area contributed by atoms with Gasteiger partial charge in [0, 0.05) is 31.4 Å². The van der Waals surface area contributed by atoms with Gasteiger partial charge in [-0.2, -0.15) is 5.10 Å². The first-order valence-corrected chi connectivity index (χ1v) is 8.40. The van der Waals surface area contributed by atoms with E-state index >= 15 is 0 Å². The van der Waals surface area contributed by atoms with Crippen LogP contribution in [0.3, 0.4) is 0 Å². The minimum Gasteiger partial charge on any atom is -0.365 e. The number of imide groups is 1. The van der Waals surface area contributed by atoms with E-state index in [0.717, 1.165) is 12.1 Å². The van der Waals surface area contributed by atoms with Crippen molar-refractivity contribution in [1.82, 2.24) is 25.2 Å². The Hall–Kier alpha value is -2.71. The number of nitrogens with zero attached hydrogens (tertiary/aromatic N) is 4. The molecule has 1 saturated carbocycles. The van der Waals surface area contributed by atoms with Crippen LogP contribution in [0.5, 0.6) is 0 Å². The topological polar surface area (TPSA) is 91.6 Å². The van der Waals surface area contributed by atoms with Crippen LogP contribution < -0.4 is 15.5 Å². The Morgan fingerprint density at radius 2 is 2.24 bits per heavy atom. The van der Waals surface area contributed by atoms with Gasteiger partial charge in [0.25, 0.3) is 0 Å². The fourth-order valence-electron chi connectivity index (χ4n) is 4.05. The first-order chi connectivity index (χ1) is 12.0. The molecule has 2 N–H and O–H groups in total. The summed E-state index contributed by atoms with van der Waals surface area (Å²) in [5.41, 5.74) is 0.855. The molecule has 2 aliphatic heterocycles. The number of hydrogen-bond acceptors (Lipinski definition) is 5. The van der Waals surface area contributed by atoms with Crippen LogP contribution in [0.2, 0.25) is 0 Å². The number of urea groups is 1. The van der Waals surface area contributed by atoms with E-state index in [1.54, 1.807) is 23.0 Å². The zero-order chi connectivity index (χ0) is 17.2. The van der Waals surface area contributed by atoms with Crippen LogP contribution >= 0.6 is 0 Å². The van der Waals surface area contributed by atoms with Crippen molar-refractivity contribution < 1.29 is 14.0 Å². The number of carbonyl (C=O) groups is 2. The van der Waals surface area contributed by atoms with Crippen LogP contribution in [0.25, 0.3) is 5.65 Å². The molecule has 9 heteroatoms. The number of imidazole rings is 1. The Morgan fingerprint density at radius 1 is 1.36 bits per heavy atom. The monoisotopic (exact) mass is 344 g/mol. The number of anilines is 1. The number of hydrogen-bond donors (Lipinski definition) is 2. The zero-order valence-electron chi connectivity index (χ0n) is 13.4. The highest BCUT2D eigenvalue weighted by atomic mass is 19.1. The van der Waals surface area contributed by atoms with Gasteiger partial charge < -0.3 is 10.2 Å². The van der Waals surface area contributed by atoms with Gasteiger partial charge in [0.1, 0.15) is 5.67 Å². The third kappa shape index (κ3) is 2.11. The van der Waals surface area contributed by atoms with Crippen molar-refractivity contribution in [3.8, 4) is 0 Å². The predicted molar refractivity (Wildman–Crippen MR) is 86.0 cm³/mol. The molecule has 0 spiro atoms. The molecule has 2 saturated heterocycles. The molecule has 25 heavy (non-hydrogen) atoms. The van der Waals surface area contributed by atoms with Gasteiger partial charge in [-0.1, -0.05) is 0 Å². The summed E-state index contributed by atoms with van der Waals surface area (Å²) in [6, 6.07) is 1.30. The number of rotatable bonds is 2. The van der Waals surface area contributed by atoms with E-state index in [4.69, 9.17) is 0 Å². The normalized spacial score (nSPS) is 31.5. The Balaban J connectivity index is 1.56. The molecule has 8 nitrogen and oxygen atoms in total. The number of alkyl halides is 1. The van der Waals surface area contributed by atoms with E-state index < -0.39 is 17.6 Å². The van der Waals surface area contributed by atoms with Gasteiger partial charge in [0.15, 0.2) is 5.65 Å². The van der Waals surface area contributed by atoms with E-state index in [1.165, 1.54) is 0 Å². The largest absolute Gasteiger partial charge is 0.365 e. The summed E-state index contributed by atoms with van der Waals surface area (Å²) in [5, 5.41) is 9.33. The molecular formula is C16H17FN6O2. The minimum atomic E-state index is -1.11. The summed E-state index contributed by atoms with van der Waals surface area (Å²) in [6.07, 6.45) is 4.85. The molecular weight excluding hydrogens is 327 g/mol. The maximum Gasteiger partial charge on any atom is 0.321 e. The average Bonchev–Trinajstić information content (AvgIpc) is 3.12. The summed E-state index contributed by atoms with van der Waals surface area (Å²) in [6.45, 7) is 1.18. The maximum absolute atomic E-state index is 14.7. The minimum absolute atomic E-state index is 0.0661. The lowest BCUT2D eigenvalue weighted by Gasteiger charge is -2.35. The second-order valence-electron chi connectivity index (χ2n) is 7.05. The third-order valence-corrected chi connectivity index (χ3v) is 5.61. The molecule has 1 aliphatic carbocycles. The molecule has 0 aromatic carbocycles. The highest BCUT2D eigenvalue weighted by molar-refractivity contribution is 6.00. The van der Waals surface area contributed by atoms with Crippen LogP contribution in [0, 0.1) is 5.92 Å². The quantitative estimate of drug-likeness (QED) is 0.832. The standard InChI is InChI=1S/C16H17FN6O2/c17-16-2-1-9(16)7-22(8-16)12-5-11(21-23-4-3-18-13(12)23)10-6-19-15(25)20-14(10)24/h3-5,9-10H,1-2,6-8H2,(H2,19,20,24,25). The SMILES string of the molecule is O=C1NCC(c2cc(N3CC4CCC4(F)C3)c3nccn3n2)C(=O)N1. The second kappa shape index (κ2) is 4.90. The molecule has 0 bridgehead atoms. The van der Waals surface area contributed by atoms with Crippen molar-refractivity contribution in [3.05, 3.63) is 24.2 Å². The number of fused-ring (bicyclic) bond motifs is 2. The second-order valence-corrected chi connectivity index (χ2v) is 7.05. The third-order valence-electron chi connectivity index (χ3n) is 5.61. The molecule has 4 heterocycles. The highest BCUT2D eigenvalue weighted by Gasteiger charge is 2.54. The van der Waals surface area contributed by atoms with Crippen molar-refractivity contribution in [3.63, 3.8) is 0 Å². The number of halogens is 1. The van der Waals surface area contributed by atoms with E-state index in [9.17, 15) is 14.0 Å². The molecule has 3 amide bonds. The molecule has 0 radical (unpaired) electrons. The Labute approximate surface area is 142 Å². The average molecular weight is 344 g/mol. The van der Waals surface area contributed by atoms with E-state index in [1.807, 2.05) is 4.90 Å². The summed E-state index contributed by atoms with van der Waals surface area (Å²) in [7, 11) is 0. The first kappa shape index (κ1) is 14.6. The van der Waals surface area contributed by atoms with E-state index in [2.05, 4.69) is 20.7 Å². The van der Waals surface area contributed by atoms with Gasteiger partial charge in [-0.15, -0.1) is 0 Å². The van der Waals surface area contributed by atoms with Crippen LogP contribution in [-0.2, 0) is 4.79 Å². The van der Waals surface area contributed by atoms with Crippen LogP contribution in [0.4, 0.5) is 14.9 Å². The molecule has 130 valence electrons. The summed E-state index contributed by atoms with van der Waals surface area (Å²) >= 11 is 0. The van der Waals surface area contributed by atoms with Crippen LogP contribution in [0.15, 0.2) is 18.5 Å². The lowest BCUT2D eigenvalue weighted by atomic mass is 9.74. The summed E-state index contributed by atoms with van der Waals surface area (Å²) in [4.78, 5) is 29.8. The van der Waals surface area contributed by atoms with Gasteiger partial charge in [0.05, 0.1) is 23.8 Å². The predicted octanol–water partition coefficient (Wildman–Crippen LogP) is 0.591. The fourth-order valence-corrected chi connectivity index (χ4v) is 4.05. The number of amides is 3.